The topological polar surface area (TPSA) is 12.0 Å². The molecule has 0 bridgehead atoms. The number of rotatable bonds is 4. The maximum absolute atomic E-state index is 3.54. The Balaban J connectivity index is 1.82. The Morgan fingerprint density at radius 1 is 1.00 bits per heavy atom. The number of nitrogens with one attached hydrogen (secondary N) is 1. The first kappa shape index (κ1) is 12.4. The molecular weight excluding hydrogens is 194 g/mol. The summed E-state index contributed by atoms with van der Waals surface area (Å²) in [6.45, 7) is 9.56. The normalized spacial score (nSPS) is 44.1. The van der Waals surface area contributed by atoms with E-state index in [1.54, 1.807) is 0 Å². The van der Waals surface area contributed by atoms with Crippen molar-refractivity contribution in [3.8, 4) is 0 Å². The first-order valence-corrected chi connectivity index (χ1v) is 7.41. The van der Waals surface area contributed by atoms with Crippen LogP contribution in [-0.4, -0.2) is 13.1 Å². The van der Waals surface area contributed by atoms with Crippen molar-refractivity contribution in [3.05, 3.63) is 0 Å². The standard InChI is InChI=1S/C15H29N/c1-4-16-10-13-5-6-15(13)14-8-11(2)7-12(3)9-14/h11-16H,4-10H2,1-3H3. The van der Waals surface area contributed by atoms with E-state index in [0.717, 1.165) is 36.1 Å². The van der Waals surface area contributed by atoms with E-state index >= 15 is 0 Å². The van der Waals surface area contributed by atoms with Crippen molar-refractivity contribution in [2.45, 2.75) is 52.9 Å². The second kappa shape index (κ2) is 5.53. The Morgan fingerprint density at radius 2 is 1.69 bits per heavy atom. The second-order valence-electron chi connectivity index (χ2n) is 6.49. The molecule has 2 rings (SSSR count). The van der Waals surface area contributed by atoms with Crippen molar-refractivity contribution in [1.82, 2.24) is 5.32 Å². The Hall–Kier alpha value is -0.0400. The minimum atomic E-state index is 0.981. The second-order valence-corrected chi connectivity index (χ2v) is 6.49. The highest BCUT2D eigenvalue weighted by Gasteiger charge is 2.39. The van der Waals surface area contributed by atoms with Crippen LogP contribution in [0.5, 0.6) is 0 Å². The summed E-state index contributed by atoms with van der Waals surface area (Å²) in [5, 5.41) is 3.54. The SMILES string of the molecule is CCNCC1CCC1C1CC(C)CC(C)C1. The van der Waals surface area contributed by atoms with Crippen molar-refractivity contribution >= 4 is 0 Å². The predicted octanol–water partition coefficient (Wildman–Crippen LogP) is 3.69. The fourth-order valence-corrected chi connectivity index (χ4v) is 4.16. The third kappa shape index (κ3) is 2.80. The summed E-state index contributed by atoms with van der Waals surface area (Å²) in [7, 11) is 0. The van der Waals surface area contributed by atoms with Crippen molar-refractivity contribution in [2.75, 3.05) is 13.1 Å². The van der Waals surface area contributed by atoms with Gasteiger partial charge >= 0.3 is 0 Å². The molecule has 1 heteroatoms. The molecule has 0 radical (unpaired) electrons. The van der Waals surface area contributed by atoms with E-state index in [1.165, 1.54) is 38.6 Å². The van der Waals surface area contributed by atoms with Gasteiger partial charge in [0, 0.05) is 0 Å². The van der Waals surface area contributed by atoms with Crippen LogP contribution in [-0.2, 0) is 0 Å². The maximum atomic E-state index is 3.54. The van der Waals surface area contributed by atoms with Crippen LogP contribution in [0, 0.1) is 29.6 Å². The van der Waals surface area contributed by atoms with E-state index in [9.17, 15) is 0 Å². The van der Waals surface area contributed by atoms with Gasteiger partial charge in [-0.25, -0.2) is 0 Å². The van der Waals surface area contributed by atoms with Crippen LogP contribution in [0.4, 0.5) is 0 Å². The summed E-state index contributed by atoms with van der Waals surface area (Å²) in [5.74, 6) is 5.08. The van der Waals surface area contributed by atoms with E-state index < -0.39 is 0 Å². The van der Waals surface area contributed by atoms with Crippen LogP contribution >= 0.6 is 0 Å². The molecule has 0 aliphatic heterocycles. The number of hydrogen-bond acceptors (Lipinski definition) is 1. The summed E-state index contributed by atoms with van der Waals surface area (Å²) in [6.07, 6.45) is 7.49. The van der Waals surface area contributed by atoms with Crippen LogP contribution in [0.2, 0.25) is 0 Å². The van der Waals surface area contributed by atoms with Gasteiger partial charge in [0.05, 0.1) is 0 Å². The summed E-state index contributed by atoms with van der Waals surface area (Å²) in [4.78, 5) is 0. The van der Waals surface area contributed by atoms with Crippen LogP contribution in [0.15, 0.2) is 0 Å². The van der Waals surface area contributed by atoms with Crippen LogP contribution in [0.1, 0.15) is 52.9 Å². The predicted molar refractivity (Wildman–Crippen MR) is 70.4 cm³/mol. The molecule has 16 heavy (non-hydrogen) atoms. The summed E-state index contributed by atoms with van der Waals surface area (Å²) >= 11 is 0. The van der Waals surface area contributed by atoms with Gasteiger partial charge in [0.15, 0.2) is 0 Å². The molecule has 0 spiro atoms. The molecule has 0 heterocycles. The lowest BCUT2D eigenvalue weighted by Crippen LogP contribution is -2.41. The summed E-state index contributed by atoms with van der Waals surface area (Å²) in [5.41, 5.74) is 0. The molecule has 0 amide bonds. The lowest BCUT2D eigenvalue weighted by Gasteiger charge is -2.46. The molecule has 0 aromatic carbocycles. The largest absolute Gasteiger partial charge is 0.317 e. The molecule has 0 aromatic rings. The van der Waals surface area contributed by atoms with Gasteiger partial charge in [0.1, 0.15) is 0 Å². The van der Waals surface area contributed by atoms with Crippen molar-refractivity contribution in [2.24, 2.45) is 29.6 Å². The molecule has 2 aliphatic carbocycles. The Bertz CT molecular complexity index is 203. The molecule has 1 nitrogen and oxygen atoms in total. The first-order chi connectivity index (χ1) is 7.70. The Kier molecular flexibility index (Phi) is 4.29. The highest BCUT2D eigenvalue weighted by Crippen LogP contribution is 2.47. The highest BCUT2D eigenvalue weighted by atomic mass is 14.9. The third-order valence-corrected chi connectivity index (χ3v) is 4.95. The molecule has 94 valence electrons. The van der Waals surface area contributed by atoms with E-state index in [1.807, 2.05) is 0 Å². The Morgan fingerprint density at radius 3 is 2.19 bits per heavy atom. The van der Waals surface area contributed by atoms with E-state index in [4.69, 9.17) is 0 Å². The van der Waals surface area contributed by atoms with Gasteiger partial charge in [-0.15, -0.1) is 0 Å². The first-order valence-electron chi connectivity index (χ1n) is 7.41. The van der Waals surface area contributed by atoms with Crippen molar-refractivity contribution in [3.63, 3.8) is 0 Å². The minimum absolute atomic E-state index is 0.981. The zero-order chi connectivity index (χ0) is 11.5. The zero-order valence-electron chi connectivity index (χ0n) is 11.3. The molecule has 1 N–H and O–H groups in total. The Labute approximate surface area is 101 Å². The molecule has 4 atom stereocenters. The molecule has 4 unspecified atom stereocenters. The number of hydrogen-bond donors (Lipinski definition) is 1. The minimum Gasteiger partial charge on any atom is -0.317 e. The van der Waals surface area contributed by atoms with Gasteiger partial charge in [-0.2, -0.15) is 0 Å². The lowest BCUT2D eigenvalue weighted by molar-refractivity contribution is 0.0500. The van der Waals surface area contributed by atoms with E-state index in [0.29, 0.717) is 0 Å². The fraction of sp³-hybridized carbons (Fsp3) is 1.00. The third-order valence-electron chi connectivity index (χ3n) is 4.95. The summed E-state index contributed by atoms with van der Waals surface area (Å²) < 4.78 is 0. The lowest BCUT2D eigenvalue weighted by atomic mass is 9.60. The fourth-order valence-electron chi connectivity index (χ4n) is 4.16. The monoisotopic (exact) mass is 223 g/mol. The zero-order valence-corrected chi connectivity index (χ0v) is 11.3. The van der Waals surface area contributed by atoms with Crippen molar-refractivity contribution < 1.29 is 0 Å². The molecule has 2 fully saturated rings. The quantitative estimate of drug-likeness (QED) is 0.766. The van der Waals surface area contributed by atoms with E-state index in [2.05, 4.69) is 26.1 Å². The average Bonchev–Trinajstić information content (AvgIpc) is 2.14. The summed E-state index contributed by atoms with van der Waals surface area (Å²) in [6, 6.07) is 0. The van der Waals surface area contributed by atoms with Gasteiger partial charge in [-0.1, -0.05) is 20.8 Å². The molecule has 0 saturated heterocycles. The molecular formula is C15H29N. The molecule has 0 aromatic heterocycles. The van der Waals surface area contributed by atoms with E-state index in [-0.39, 0.29) is 0 Å². The smallest absolute Gasteiger partial charge is 0.00179 e. The van der Waals surface area contributed by atoms with Gasteiger partial charge in [-0.3, -0.25) is 0 Å². The van der Waals surface area contributed by atoms with Crippen LogP contribution in [0.25, 0.3) is 0 Å². The molecule has 2 saturated carbocycles. The van der Waals surface area contributed by atoms with Crippen molar-refractivity contribution in [1.29, 1.82) is 0 Å². The van der Waals surface area contributed by atoms with Gasteiger partial charge in [-0.05, 0) is 74.8 Å². The average molecular weight is 223 g/mol. The van der Waals surface area contributed by atoms with Gasteiger partial charge < -0.3 is 5.32 Å². The molecule has 2 aliphatic rings. The maximum Gasteiger partial charge on any atom is -0.00179 e. The van der Waals surface area contributed by atoms with Gasteiger partial charge in [0.25, 0.3) is 0 Å². The van der Waals surface area contributed by atoms with Crippen LogP contribution in [0.3, 0.4) is 0 Å². The van der Waals surface area contributed by atoms with Gasteiger partial charge in [0.2, 0.25) is 0 Å². The van der Waals surface area contributed by atoms with Crippen LogP contribution < -0.4 is 5.32 Å². The highest BCUT2D eigenvalue weighted by molar-refractivity contribution is 4.90.